The minimum absolute atomic E-state index is 0.621. The predicted molar refractivity (Wildman–Crippen MR) is 64.1 cm³/mol. The van der Waals surface area contributed by atoms with Gasteiger partial charge in [0.15, 0.2) is 0 Å². The van der Waals surface area contributed by atoms with E-state index in [4.69, 9.17) is 11.0 Å². The Bertz CT molecular complexity index is 383. The average molecular weight is 221 g/mol. The topological polar surface area (TPSA) is 53.0 Å². The Morgan fingerprint density at radius 1 is 1.53 bits per heavy atom. The first-order valence-corrected chi connectivity index (χ1v) is 6.06. The van der Waals surface area contributed by atoms with Gasteiger partial charge in [-0.1, -0.05) is 6.92 Å². The second-order valence-electron chi connectivity index (χ2n) is 4.15. The van der Waals surface area contributed by atoms with Crippen molar-refractivity contribution in [1.82, 2.24) is 0 Å². The molecule has 2 heterocycles. The normalized spacial score (nSPS) is 17.7. The van der Waals surface area contributed by atoms with Crippen molar-refractivity contribution in [2.24, 2.45) is 5.92 Å². The van der Waals surface area contributed by atoms with Crippen LogP contribution in [-0.4, -0.2) is 13.1 Å². The Morgan fingerprint density at radius 3 is 2.73 bits per heavy atom. The molecule has 1 aliphatic heterocycles. The summed E-state index contributed by atoms with van der Waals surface area (Å²) in [5.41, 5.74) is 6.37. The third-order valence-electron chi connectivity index (χ3n) is 2.94. The van der Waals surface area contributed by atoms with E-state index in [1.165, 1.54) is 24.2 Å². The van der Waals surface area contributed by atoms with Gasteiger partial charge in [-0.05, 0) is 24.8 Å². The molecule has 0 saturated carbocycles. The average Bonchev–Trinajstić information content (AvgIpc) is 2.61. The molecule has 0 aliphatic carbocycles. The standard InChI is InChI=1S/C11H15N3S/c1-8-2-4-14(5-3-8)11-6-9(13)10(7-12)15-11/h6,8H,2-5,13H2,1H3. The van der Waals surface area contributed by atoms with Crippen molar-refractivity contribution in [3.63, 3.8) is 0 Å². The molecule has 0 spiro atoms. The summed E-state index contributed by atoms with van der Waals surface area (Å²) in [5.74, 6) is 0.828. The van der Waals surface area contributed by atoms with Crippen LogP contribution in [-0.2, 0) is 0 Å². The van der Waals surface area contributed by atoms with Crippen LogP contribution in [0.1, 0.15) is 24.6 Å². The van der Waals surface area contributed by atoms with E-state index in [0.717, 1.165) is 24.0 Å². The third kappa shape index (κ3) is 2.07. The SMILES string of the molecule is CC1CCN(c2cc(N)c(C#N)s2)CC1. The van der Waals surface area contributed by atoms with Crippen LogP contribution in [0.5, 0.6) is 0 Å². The zero-order valence-corrected chi connectivity index (χ0v) is 9.68. The lowest BCUT2D eigenvalue weighted by Crippen LogP contribution is -2.32. The van der Waals surface area contributed by atoms with E-state index in [9.17, 15) is 0 Å². The molecular formula is C11H15N3S. The largest absolute Gasteiger partial charge is 0.397 e. The number of nitrogen functional groups attached to an aromatic ring is 1. The first kappa shape index (κ1) is 10.3. The van der Waals surface area contributed by atoms with Crippen LogP contribution in [0.4, 0.5) is 10.7 Å². The van der Waals surface area contributed by atoms with Crippen LogP contribution in [0.25, 0.3) is 0 Å². The summed E-state index contributed by atoms with van der Waals surface area (Å²) in [6.07, 6.45) is 2.47. The van der Waals surface area contributed by atoms with Crippen molar-refractivity contribution >= 4 is 22.0 Å². The lowest BCUT2D eigenvalue weighted by molar-refractivity contribution is 0.440. The van der Waals surface area contributed by atoms with Crippen molar-refractivity contribution in [2.45, 2.75) is 19.8 Å². The van der Waals surface area contributed by atoms with Crippen LogP contribution in [0.3, 0.4) is 0 Å². The molecular weight excluding hydrogens is 206 g/mol. The highest BCUT2D eigenvalue weighted by molar-refractivity contribution is 7.17. The summed E-state index contributed by atoms with van der Waals surface area (Å²) in [7, 11) is 0. The van der Waals surface area contributed by atoms with Gasteiger partial charge >= 0.3 is 0 Å². The van der Waals surface area contributed by atoms with E-state index in [0.29, 0.717) is 10.6 Å². The summed E-state index contributed by atoms with van der Waals surface area (Å²) in [4.78, 5) is 2.98. The lowest BCUT2D eigenvalue weighted by atomic mass is 10.00. The highest BCUT2D eigenvalue weighted by Crippen LogP contribution is 2.33. The zero-order valence-electron chi connectivity index (χ0n) is 8.86. The number of rotatable bonds is 1. The lowest BCUT2D eigenvalue weighted by Gasteiger charge is -2.30. The summed E-state index contributed by atoms with van der Waals surface area (Å²) in [5, 5.41) is 9.98. The molecule has 1 aromatic heterocycles. The summed E-state index contributed by atoms with van der Waals surface area (Å²) < 4.78 is 0. The Kier molecular flexibility index (Phi) is 2.83. The maximum Gasteiger partial charge on any atom is 0.129 e. The molecule has 0 aromatic carbocycles. The molecule has 1 aromatic rings. The smallest absolute Gasteiger partial charge is 0.129 e. The monoisotopic (exact) mass is 221 g/mol. The Hall–Kier alpha value is -1.21. The van der Waals surface area contributed by atoms with Gasteiger partial charge in [0, 0.05) is 13.1 Å². The van der Waals surface area contributed by atoms with E-state index in [1.54, 1.807) is 0 Å². The van der Waals surface area contributed by atoms with Crippen LogP contribution in [0, 0.1) is 17.2 Å². The number of hydrogen-bond donors (Lipinski definition) is 1. The van der Waals surface area contributed by atoms with Gasteiger partial charge in [-0.3, -0.25) is 0 Å². The minimum Gasteiger partial charge on any atom is -0.397 e. The highest BCUT2D eigenvalue weighted by atomic mass is 32.1. The molecule has 2 rings (SSSR count). The van der Waals surface area contributed by atoms with Crippen LogP contribution in [0.2, 0.25) is 0 Å². The van der Waals surface area contributed by atoms with Crippen molar-refractivity contribution in [1.29, 1.82) is 5.26 Å². The molecule has 0 atom stereocenters. The van der Waals surface area contributed by atoms with Crippen molar-refractivity contribution in [2.75, 3.05) is 23.7 Å². The quantitative estimate of drug-likeness (QED) is 0.792. The second-order valence-corrected chi connectivity index (χ2v) is 5.18. The molecule has 0 amide bonds. The molecule has 3 nitrogen and oxygen atoms in total. The molecule has 0 radical (unpaired) electrons. The first-order chi connectivity index (χ1) is 7.20. The van der Waals surface area contributed by atoms with Crippen molar-refractivity contribution in [3.8, 4) is 6.07 Å². The van der Waals surface area contributed by atoms with Crippen molar-refractivity contribution < 1.29 is 0 Å². The molecule has 1 fully saturated rings. The molecule has 0 unspecified atom stereocenters. The van der Waals surface area contributed by atoms with Gasteiger partial charge in [0.2, 0.25) is 0 Å². The van der Waals surface area contributed by atoms with Gasteiger partial charge in [0.1, 0.15) is 10.9 Å². The van der Waals surface area contributed by atoms with Gasteiger partial charge in [-0.2, -0.15) is 5.26 Å². The summed E-state index contributed by atoms with van der Waals surface area (Å²) in [6.45, 7) is 4.47. The highest BCUT2D eigenvalue weighted by Gasteiger charge is 2.18. The second kappa shape index (κ2) is 4.11. The molecule has 15 heavy (non-hydrogen) atoms. The number of nitrogens with two attached hydrogens (primary N) is 1. The Balaban J connectivity index is 2.13. The third-order valence-corrected chi connectivity index (χ3v) is 4.06. The Morgan fingerprint density at radius 2 is 2.20 bits per heavy atom. The van der Waals surface area contributed by atoms with Gasteiger partial charge in [0.05, 0.1) is 10.7 Å². The van der Waals surface area contributed by atoms with Crippen molar-refractivity contribution in [3.05, 3.63) is 10.9 Å². The number of hydrogen-bond acceptors (Lipinski definition) is 4. The summed E-state index contributed by atoms with van der Waals surface area (Å²) in [6, 6.07) is 4.06. The molecule has 80 valence electrons. The van der Waals surface area contributed by atoms with E-state index in [-0.39, 0.29) is 0 Å². The van der Waals surface area contributed by atoms with E-state index in [1.807, 2.05) is 6.07 Å². The fourth-order valence-electron chi connectivity index (χ4n) is 1.86. The molecule has 1 aliphatic rings. The molecule has 2 N–H and O–H groups in total. The molecule has 4 heteroatoms. The fourth-order valence-corrected chi connectivity index (χ4v) is 2.79. The first-order valence-electron chi connectivity index (χ1n) is 5.25. The number of anilines is 2. The summed E-state index contributed by atoms with van der Waals surface area (Å²) >= 11 is 1.51. The number of piperidine rings is 1. The predicted octanol–water partition coefficient (Wildman–Crippen LogP) is 2.44. The number of thiophene rings is 1. The van der Waals surface area contributed by atoms with Gasteiger partial charge in [-0.15, -0.1) is 11.3 Å². The van der Waals surface area contributed by atoms with Gasteiger partial charge in [0.25, 0.3) is 0 Å². The van der Waals surface area contributed by atoms with Crippen LogP contribution >= 0.6 is 11.3 Å². The van der Waals surface area contributed by atoms with E-state index in [2.05, 4.69) is 17.9 Å². The van der Waals surface area contributed by atoms with Gasteiger partial charge < -0.3 is 10.6 Å². The maximum atomic E-state index is 8.83. The van der Waals surface area contributed by atoms with Crippen LogP contribution in [0.15, 0.2) is 6.07 Å². The van der Waals surface area contributed by atoms with Gasteiger partial charge in [-0.25, -0.2) is 0 Å². The van der Waals surface area contributed by atoms with E-state index < -0.39 is 0 Å². The zero-order chi connectivity index (χ0) is 10.8. The maximum absolute atomic E-state index is 8.83. The minimum atomic E-state index is 0.621. The fraction of sp³-hybridized carbons (Fsp3) is 0.545. The Labute approximate surface area is 94.1 Å². The molecule has 1 saturated heterocycles. The molecule has 0 bridgehead atoms. The number of nitrogens with zero attached hydrogens (tertiary/aromatic N) is 2. The van der Waals surface area contributed by atoms with E-state index >= 15 is 0 Å². The van der Waals surface area contributed by atoms with Crippen LogP contribution < -0.4 is 10.6 Å². The number of nitriles is 1.